The number of ether oxygens (including phenoxy) is 1. The largest absolute Gasteiger partial charge is 0.466 e. The second kappa shape index (κ2) is 8.14. The van der Waals surface area contributed by atoms with Crippen molar-refractivity contribution in [3.8, 4) is 0 Å². The summed E-state index contributed by atoms with van der Waals surface area (Å²) in [5, 5.41) is 4.18. The first-order valence-electron chi connectivity index (χ1n) is 6.97. The highest BCUT2D eigenvalue weighted by atomic mass is 16.5. The lowest BCUT2D eigenvalue weighted by atomic mass is 10.2. The maximum atomic E-state index is 11.5. The van der Waals surface area contributed by atoms with Gasteiger partial charge in [0.05, 0.1) is 13.0 Å². The highest BCUT2D eigenvalue weighted by molar-refractivity contribution is 5.69. The molecule has 1 heterocycles. The molecule has 4 heteroatoms. The van der Waals surface area contributed by atoms with E-state index in [1.54, 1.807) is 0 Å². The molecular weight excluding hydrogens is 228 g/mol. The minimum atomic E-state index is -0.0857. The van der Waals surface area contributed by atoms with Gasteiger partial charge < -0.3 is 9.75 Å². The Morgan fingerprint density at radius 2 is 2.17 bits per heavy atom. The molecule has 1 aliphatic rings. The van der Waals surface area contributed by atoms with Crippen LogP contribution in [0.3, 0.4) is 0 Å². The predicted octanol–water partition coefficient (Wildman–Crippen LogP) is 2.57. The van der Waals surface area contributed by atoms with Crippen LogP contribution in [0.2, 0.25) is 0 Å². The van der Waals surface area contributed by atoms with E-state index in [1.165, 1.54) is 12.8 Å². The summed E-state index contributed by atoms with van der Waals surface area (Å²) >= 11 is 0. The summed E-state index contributed by atoms with van der Waals surface area (Å²) in [6.45, 7) is 8.39. The minimum absolute atomic E-state index is 0.0857. The van der Waals surface area contributed by atoms with E-state index in [-0.39, 0.29) is 5.97 Å². The maximum Gasteiger partial charge on any atom is 0.307 e. The Balaban J connectivity index is 2.05. The molecule has 18 heavy (non-hydrogen) atoms. The van der Waals surface area contributed by atoms with Crippen molar-refractivity contribution < 1.29 is 9.53 Å². The summed E-state index contributed by atoms with van der Waals surface area (Å²) in [4.78, 5) is 11.5. The van der Waals surface area contributed by atoms with Gasteiger partial charge in [0.25, 0.3) is 0 Å². The van der Waals surface area contributed by atoms with Gasteiger partial charge in [-0.2, -0.15) is 0 Å². The molecule has 0 saturated carbocycles. The van der Waals surface area contributed by atoms with Gasteiger partial charge in [0.1, 0.15) is 0 Å². The zero-order chi connectivity index (χ0) is 13.4. The first-order chi connectivity index (χ1) is 8.65. The van der Waals surface area contributed by atoms with Gasteiger partial charge in [-0.05, 0) is 6.42 Å². The quantitative estimate of drug-likeness (QED) is 0.492. The Morgan fingerprint density at radius 3 is 2.78 bits per heavy atom. The lowest BCUT2D eigenvalue weighted by Crippen LogP contribution is -2.34. The highest BCUT2D eigenvalue weighted by Gasteiger charge is 2.21. The van der Waals surface area contributed by atoms with Crippen LogP contribution in [0.15, 0.2) is 12.3 Å². The molecule has 0 N–H and O–H groups in total. The van der Waals surface area contributed by atoms with E-state index in [1.807, 2.05) is 12.1 Å². The maximum absolute atomic E-state index is 11.5. The first kappa shape index (κ1) is 15.0. The topological polar surface area (TPSA) is 32.8 Å². The summed E-state index contributed by atoms with van der Waals surface area (Å²) in [7, 11) is 1.99. The monoisotopic (exact) mass is 254 g/mol. The molecule has 0 radical (unpaired) electrons. The average molecular weight is 254 g/mol. The molecule has 0 aromatic heterocycles. The van der Waals surface area contributed by atoms with Crippen LogP contribution in [0.1, 0.15) is 45.4 Å². The molecule has 1 rings (SSSR count). The second-order valence-corrected chi connectivity index (χ2v) is 4.82. The van der Waals surface area contributed by atoms with Crippen LogP contribution in [0.4, 0.5) is 0 Å². The van der Waals surface area contributed by atoms with E-state index >= 15 is 0 Å². The third-order valence-corrected chi connectivity index (χ3v) is 3.38. The molecule has 1 saturated heterocycles. The summed E-state index contributed by atoms with van der Waals surface area (Å²) in [5.41, 5.74) is 1.11. The van der Waals surface area contributed by atoms with E-state index in [9.17, 15) is 4.79 Å². The molecule has 104 valence electrons. The number of hydrogen-bond donors (Lipinski definition) is 0. The molecule has 0 spiro atoms. The van der Waals surface area contributed by atoms with E-state index in [2.05, 4.69) is 18.5 Å². The molecular formula is C14H26N2O2. The van der Waals surface area contributed by atoms with Gasteiger partial charge in [0.2, 0.25) is 0 Å². The lowest BCUT2D eigenvalue weighted by Gasteiger charge is -2.25. The lowest BCUT2D eigenvalue weighted by molar-refractivity contribution is -0.144. The van der Waals surface area contributed by atoms with E-state index in [0.29, 0.717) is 13.0 Å². The number of rotatable bonds is 8. The standard InChI is InChI=1S/C14H26N2O2/c1-4-5-6-7-12-18-14(17)9-11-16-10-8-13(2)15(16)3/h2,4-12H2,1,3H3. The number of carbonyl (C=O) groups excluding carboxylic acids is 1. The SMILES string of the molecule is C=C1CCN(CCC(=O)OCCCCCC)N1C. The van der Waals surface area contributed by atoms with Crippen molar-refractivity contribution in [1.29, 1.82) is 0 Å². The summed E-state index contributed by atoms with van der Waals surface area (Å²) in [6.07, 6.45) is 6.02. The first-order valence-corrected chi connectivity index (χ1v) is 6.97. The predicted molar refractivity (Wildman–Crippen MR) is 72.8 cm³/mol. The zero-order valence-corrected chi connectivity index (χ0v) is 11.8. The molecule has 0 aromatic rings. The fourth-order valence-corrected chi connectivity index (χ4v) is 2.04. The van der Waals surface area contributed by atoms with Gasteiger partial charge in [0, 0.05) is 32.3 Å². The Bertz CT molecular complexity index is 279. The van der Waals surface area contributed by atoms with Crippen LogP contribution in [-0.4, -0.2) is 42.7 Å². The van der Waals surface area contributed by atoms with Crippen LogP contribution in [0.5, 0.6) is 0 Å². The van der Waals surface area contributed by atoms with Crippen LogP contribution in [0, 0.1) is 0 Å². The van der Waals surface area contributed by atoms with Crippen molar-refractivity contribution in [2.45, 2.75) is 45.4 Å². The number of nitrogens with zero attached hydrogens (tertiary/aromatic N) is 2. The molecule has 0 bridgehead atoms. The van der Waals surface area contributed by atoms with Crippen molar-refractivity contribution >= 4 is 5.97 Å². The molecule has 0 aliphatic carbocycles. The second-order valence-electron chi connectivity index (χ2n) is 4.82. The van der Waals surface area contributed by atoms with Gasteiger partial charge in [-0.15, -0.1) is 0 Å². The van der Waals surface area contributed by atoms with Crippen molar-refractivity contribution in [2.75, 3.05) is 26.7 Å². The third kappa shape index (κ3) is 5.08. The Hall–Kier alpha value is -1.03. The van der Waals surface area contributed by atoms with E-state index in [0.717, 1.165) is 38.0 Å². The van der Waals surface area contributed by atoms with Crippen molar-refractivity contribution in [3.63, 3.8) is 0 Å². The molecule has 0 atom stereocenters. The van der Waals surface area contributed by atoms with Crippen LogP contribution < -0.4 is 0 Å². The van der Waals surface area contributed by atoms with E-state index in [4.69, 9.17) is 4.74 Å². The van der Waals surface area contributed by atoms with Gasteiger partial charge in [-0.25, -0.2) is 5.01 Å². The Morgan fingerprint density at radius 1 is 1.39 bits per heavy atom. The zero-order valence-electron chi connectivity index (χ0n) is 11.8. The summed E-state index contributed by atoms with van der Waals surface area (Å²) in [5.74, 6) is -0.0857. The molecule has 4 nitrogen and oxygen atoms in total. The van der Waals surface area contributed by atoms with Crippen LogP contribution >= 0.6 is 0 Å². The van der Waals surface area contributed by atoms with Crippen molar-refractivity contribution in [3.05, 3.63) is 12.3 Å². The number of hydrogen-bond acceptors (Lipinski definition) is 4. The summed E-state index contributed by atoms with van der Waals surface area (Å²) in [6, 6.07) is 0. The van der Waals surface area contributed by atoms with Gasteiger partial charge in [-0.1, -0.05) is 32.8 Å². The van der Waals surface area contributed by atoms with Crippen molar-refractivity contribution in [1.82, 2.24) is 10.0 Å². The molecule has 1 fully saturated rings. The van der Waals surface area contributed by atoms with Crippen LogP contribution in [0.25, 0.3) is 0 Å². The average Bonchev–Trinajstić information content (AvgIpc) is 2.67. The normalized spacial score (nSPS) is 16.3. The Labute approximate surface area is 111 Å². The van der Waals surface area contributed by atoms with E-state index < -0.39 is 0 Å². The fourth-order valence-electron chi connectivity index (χ4n) is 2.04. The number of carbonyl (C=O) groups is 1. The highest BCUT2D eigenvalue weighted by Crippen LogP contribution is 2.17. The molecule has 0 amide bonds. The molecule has 0 unspecified atom stereocenters. The van der Waals surface area contributed by atoms with Gasteiger partial charge in [0.15, 0.2) is 0 Å². The fraction of sp³-hybridized carbons (Fsp3) is 0.786. The summed E-state index contributed by atoms with van der Waals surface area (Å²) < 4.78 is 5.20. The Kier molecular flexibility index (Phi) is 6.80. The number of esters is 1. The molecule has 1 aliphatic heterocycles. The minimum Gasteiger partial charge on any atom is -0.466 e. The van der Waals surface area contributed by atoms with Crippen molar-refractivity contribution in [2.24, 2.45) is 0 Å². The third-order valence-electron chi connectivity index (χ3n) is 3.38. The number of unbranched alkanes of at least 4 members (excludes halogenated alkanes) is 3. The smallest absolute Gasteiger partial charge is 0.307 e. The molecule has 0 aromatic carbocycles. The van der Waals surface area contributed by atoms with Gasteiger partial charge in [-0.3, -0.25) is 4.79 Å². The van der Waals surface area contributed by atoms with Crippen LogP contribution in [-0.2, 0) is 9.53 Å². The van der Waals surface area contributed by atoms with Gasteiger partial charge >= 0.3 is 5.97 Å². The number of hydrazine groups is 1.